The fourth-order valence-electron chi connectivity index (χ4n) is 6.70. The summed E-state index contributed by atoms with van der Waals surface area (Å²) < 4.78 is 0. The van der Waals surface area contributed by atoms with E-state index in [9.17, 15) is 4.79 Å². The first-order chi connectivity index (χ1) is 10.7. The second kappa shape index (κ2) is 5.81. The highest BCUT2D eigenvalue weighted by Gasteiger charge is 2.51. The van der Waals surface area contributed by atoms with Crippen LogP contribution in [0.3, 0.4) is 0 Å². The molecule has 1 saturated heterocycles. The van der Waals surface area contributed by atoms with Gasteiger partial charge in [-0.3, -0.25) is 4.79 Å². The molecule has 5 rings (SSSR count). The Morgan fingerprint density at radius 3 is 2.32 bits per heavy atom. The van der Waals surface area contributed by atoms with Crippen molar-refractivity contribution in [2.75, 3.05) is 19.6 Å². The van der Waals surface area contributed by atoms with E-state index in [2.05, 4.69) is 4.90 Å². The fraction of sp³-hybridized carbons (Fsp3) is 0.947. The van der Waals surface area contributed by atoms with Gasteiger partial charge in [-0.25, -0.2) is 0 Å². The molecule has 1 heterocycles. The van der Waals surface area contributed by atoms with E-state index in [-0.39, 0.29) is 0 Å². The molecular weight excluding hydrogens is 272 g/mol. The van der Waals surface area contributed by atoms with Crippen LogP contribution in [0, 0.1) is 29.1 Å². The second-order valence-corrected chi connectivity index (χ2v) is 9.02. The number of nitrogens with zero attached hydrogens (tertiary/aromatic N) is 1. The van der Waals surface area contributed by atoms with Gasteiger partial charge in [0.25, 0.3) is 0 Å². The van der Waals surface area contributed by atoms with Crippen molar-refractivity contribution >= 4 is 5.91 Å². The van der Waals surface area contributed by atoms with Crippen LogP contribution in [0.2, 0.25) is 0 Å². The highest BCUT2D eigenvalue weighted by atomic mass is 16.2. The van der Waals surface area contributed by atoms with Crippen LogP contribution in [0.25, 0.3) is 0 Å². The predicted octanol–water partition coefficient (Wildman–Crippen LogP) is 3.18. The van der Waals surface area contributed by atoms with Crippen LogP contribution in [0.1, 0.15) is 64.2 Å². The van der Waals surface area contributed by atoms with E-state index in [0.717, 1.165) is 50.2 Å². The van der Waals surface area contributed by atoms with Gasteiger partial charge in [-0.1, -0.05) is 0 Å². The average molecular weight is 304 g/mol. The molecule has 1 aliphatic heterocycles. The molecule has 1 amide bonds. The summed E-state index contributed by atoms with van der Waals surface area (Å²) in [6.45, 7) is 2.73. The van der Waals surface area contributed by atoms with Gasteiger partial charge in [0.05, 0.1) is 0 Å². The van der Waals surface area contributed by atoms with Crippen LogP contribution < -0.4 is 5.73 Å². The molecule has 1 unspecified atom stereocenters. The number of likely N-dealkylation sites (tertiary alicyclic amines) is 1. The zero-order chi connectivity index (χ0) is 15.2. The van der Waals surface area contributed by atoms with Crippen LogP contribution in [-0.2, 0) is 4.79 Å². The van der Waals surface area contributed by atoms with Crippen LogP contribution in [-0.4, -0.2) is 30.4 Å². The SMILES string of the molecule is NCCC1CCCN(C(=O)CC23CC4CC(CC(C4)C2)C3)C1. The van der Waals surface area contributed by atoms with E-state index in [1.807, 2.05) is 0 Å². The van der Waals surface area contributed by atoms with Gasteiger partial charge in [-0.2, -0.15) is 0 Å². The van der Waals surface area contributed by atoms with Gasteiger partial charge in [0.2, 0.25) is 5.91 Å². The monoisotopic (exact) mass is 304 g/mol. The van der Waals surface area contributed by atoms with Gasteiger partial charge in [0, 0.05) is 19.5 Å². The summed E-state index contributed by atoms with van der Waals surface area (Å²) in [5, 5.41) is 0. The number of hydrogen-bond donors (Lipinski definition) is 1. The van der Waals surface area contributed by atoms with Crippen molar-refractivity contribution in [3.63, 3.8) is 0 Å². The third-order valence-corrected chi connectivity index (χ3v) is 7.14. The lowest BCUT2D eigenvalue weighted by Gasteiger charge is -2.57. The van der Waals surface area contributed by atoms with Crippen LogP contribution in [0.4, 0.5) is 0 Å². The molecule has 0 aromatic rings. The summed E-state index contributed by atoms with van der Waals surface area (Å²) in [4.78, 5) is 15.1. The smallest absolute Gasteiger partial charge is 0.223 e. The Hall–Kier alpha value is -0.570. The molecule has 124 valence electrons. The summed E-state index contributed by atoms with van der Waals surface area (Å²) in [5.74, 6) is 3.96. The molecule has 3 heteroatoms. The first kappa shape index (κ1) is 15.0. The van der Waals surface area contributed by atoms with Gasteiger partial charge in [0.15, 0.2) is 0 Å². The Labute approximate surface area is 135 Å². The molecule has 5 aliphatic rings. The standard InChI is InChI=1S/C19H32N2O/c20-4-3-14-2-1-5-21(13-14)18(22)12-19-9-15-6-16(10-19)8-17(7-15)11-19/h14-17H,1-13,20H2. The molecule has 4 saturated carbocycles. The van der Waals surface area contributed by atoms with Crippen molar-refractivity contribution in [2.45, 2.75) is 64.2 Å². The van der Waals surface area contributed by atoms with Gasteiger partial charge in [0.1, 0.15) is 0 Å². The normalized spacial score (nSPS) is 43.6. The highest BCUT2D eigenvalue weighted by Crippen LogP contribution is 2.61. The third-order valence-electron chi connectivity index (χ3n) is 7.14. The molecular formula is C19H32N2O. The van der Waals surface area contributed by atoms with E-state index in [1.165, 1.54) is 51.4 Å². The molecule has 0 radical (unpaired) electrons. The number of carbonyl (C=O) groups is 1. The van der Waals surface area contributed by atoms with Crippen molar-refractivity contribution in [2.24, 2.45) is 34.8 Å². The number of nitrogens with two attached hydrogens (primary N) is 1. The van der Waals surface area contributed by atoms with Crippen LogP contribution in [0.15, 0.2) is 0 Å². The summed E-state index contributed by atoms with van der Waals surface area (Å²) >= 11 is 0. The number of hydrogen-bond acceptors (Lipinski definition) is 2. The van der Waals surface area contributed by atoms with E-state index in [1.54, 1.807) is 0 Å². The van der Waals surface area contributed by atoms with E-state index < -0.39 is 0 Å². The Balaban J connectivity index is 1.39. The number of amides is 1. The molecule has 0 aromatic carbocycles. The molecule has 0 spiro atoms. The molecule has 4 aliphatic carbocycles. The van der Waals surface area contributed by atoms with Crippen molar-refractivity contribution in [3.05, 3.63) is 0 Å². The van der Waals surface area contributed by atoms with Gasteiger partial charge in [-0.15, -0.1) is 0 Å². The Morgan fingerprint density at radius 1 is 1.09 bits per heavy atom. The minimum absolute atomic E-state index is 0.395. The number of rotatable bonds is 4. The minimum Gasteiger partial charge on any atom is -0.342 e. The molecule has 2 N–H and O–H groups in total. The maximum absolute atomic E-state index is 12.9. The van der Waals surface area contributed by atoms with E-state index >= 15 is 0 Å². The van der Waals surface area contributed by atoms with Crippen molar-refractivity contribution < 1.29 is 4.79 Å². The molecule has 0 aromatic heterocycles. The third kappa shape index (κ3) is 2.81. The maximum atomic E-state index is 12.9. The number of carbonyl (C=O) groups excluding carboxylic acids is 1. The van der Waals surface area contributed by atoms with E-state index in [4.69, 9.17) is 5.73 Å². The van der Waals surface area contributed by atoms with Crippen LogP contribution >= 0.6 is 0 Å². The quantitative estimate of drug-likeness (QED) is 0.867. The highest BCUT2D eigenvalue weighted by molar-refractivity contribution is 5.77. The second-order valence-electron chi connectivity index (χ2n) is 9.02. The summed E-state index contributed by atoms with van der Waals surface area (Å²) in [7, 11) is 0. The van der Waals surface area contributed by atoms with Crippen molar-refractivity contribution in [3.8, 4) is 0 Å². The minimum atomic E-state index is 0.395. The summed E-state index contributed by atoms with van der Waals surface area (Å²) in [6, 6.07) is 0. The predicted molar refractivity (Wildman–Crippen MR) is 88.2 cm³/mol. The molecule has 4 bridgehead atoms. The lowest BCUT2D eigenvalue weighted by atomic mass is 9.49. The van der Waals surface area contributed by atoms with Gasteiger partial charge >= 0.3 is 0 Å². The molecule has 22 heavy (non-hydrogen) atoms. The molecule has 3 nitrogen and oxygen atoms in total. The Bertz CT molecular complexity index is 396. The number of piperidine rings is 1. The first-order valence-electron chi connectivity index (χ1n) is 9.64. The lowest BCUT2D eigenvalue weighted by Crippen LogP contribution is -2.49. The zero-order valence-electron chi connectivity index (χ0n) is 13.9. The average Bonchev–Trinajstić information content (AvgIpc) is 2.46. The van der Waals surface area contributed by atoms with Gasteiger partial charge < -0.3 is 10.6 Å². The van der Waals surface area contributed by atoms with Gasteiger partial charge in [-0.05, 0) is 93.4 Å². The molecule has 1 atom stereocenters. The van der Waals surface area contributed by atoms with Crippen molar-refractivity contribution in [1.82, 2.24) is 4.90 Å². The maximum Gasteiger partial charge on any atom is 0.223 e. The fourth-order valence-corrected chi connectivity index (χ4v) is 6.70. The Kier molecular flexibility index (Phi) is 3.96. The first-order valence-corrected chi connectivity index (χ1v) is 9.64. The van der Waals surface area contributed by atoms with Crippen LogP contribution in [0.5, 0.6) is 0 Å². The largest absolute Gasteiger partial charge is 0.342 e. The zero-order valence-corrected chi connectivity index (χ0v) is 13.9. The van der Waals surface area contributed by atoms with Crippen molar-refractivity contribution in [1.29, 1.82) is 0 Å². The summed E-state index contributed by atoms with van der Waals surface area (Å²) in [5.41, 5.74) is 6.11. The molecule has 5 fully saturated rings. The lowest BCUT2D eigenvalue weighted by molar-refractivity contribution is -0.141. The summed E-state index contributed by atoms with van der Waals surface area (Å²) in [6.07, 6.45) is 12.8. The Morgan fingerprint density at radius 2 is 1.73 bits per heavy atom. The van der Waals surface area contributed by atoms with E-state index in [0.29, 0.717) is 17.2 Å². The topological polar surface area (TPSA) is 46.3 Å².